The Morgan fingerprint density at radius 1 is 0.955 bits per heavy atom. The summed E-state index contributed by atoms with van der Waals surface area (Å²) in [6.07, 6.45) is 1.50. The molecule has 0 aliphatic rings. The number of anilines is 1. The van der Waals surface area contributed by atoms with Crippen LogP contribution in [0.4, 0.5) is 5.69 Å². The smallest absolute Gasteiger partial charge is 0.291 e. The van der Waals surface area contributed by atoms with Crippen molar-refractivity contribution in [3.8, 4) is 11.5 Å². The van der Waals surface area contributed by atoms with Gasteiger partial charge in [-0.3, -0.25) is 4.79 Å². The van der Waals surface area contributed by atoms with Gasteiger partial charge >= 0.3 is 0 Å². The van der Waals surface area contributed by atoms with Crippen LogP contribution in [0.2, 0.25) is 0 Å². The average Bonchev–Trinajstić information content (AvgIpc) is 2.96. The topological polar surface area (TPSA) is 51.5 Å². The molecule has 0 unspecified atom stereocenters. The summed E-state index contributed by atoms with van der Waals surface area (Å²) in [4.78, 5) is 12.0. The van der Waals surface area contributed by atoms with Crippen LogP contribution in [-0.2, 0) is 0 Å². The summed E-state index contributed by atoms with van der Waals surface area (Å²) in [6, 6.07) is 18.5. The minimum Gasteiger partial charge on any atom is -0.459 e. The minimum atomic E-state index is -0.265. The van der Waals surface area contributed by atoms with Crippen molar-refractivity contribution in [3.63, 3.8) is 0 Å². The van der Waals surface area contributed by atoms with Crippen LogP contribution in [0.25, 0.3) is 0 Å². The second-order valence-electron chi connectivity index (χ2n) is 4.83. The van der Waals surface area contributed by atoms with E-state index in [1.807, 2.05) is 37.3 Å². The Morgan fingerprint density at radius 2 is 1.64 bits per heavy atom. The molecule has 0 fully saturated rings. The van der Waals surface area contributed by atoms with Crippen LogP contribution >= 0.6 is 0 Å². The highest BCUT2D eigenvalue weighted by atomic mass is 16.5. The van der Waals surface area contributed by atoms with Gasteiger partial charge in [0, 0.05) is 11.3 Å². The van der Waals surface area contributed by atoms with E-state index in [9.17, 15) is 4.79 Å². The highest BCUT2D eigenvalue weighted by molar-refractivity contribution is 6.03. The molecule has 1 heterocycles. The highest BCUT2D eigenvalue weighted by Crippen LogP contribution is 2.23. The molecule has 0 aliphatic heterocycles. The van der Waals surface area contributed by atoms with Crippen LogP contribution in [0.3, 0.4) is 0 Å². The number of hydrogen-bond donors (Lipinski definition) is 1. The summed E-state index contributed by atoms with van der Waals surface area (Å²) in [5, 5.41) is 2.79. The van der Waals surface area contributed by atoms with Crippen molar-refractivity contribution in [1.82, 2.24) is 0 Å². The lowest BCUT2D eigenvalue weighted by atomic mass is 10.2. The van der Waals surface area contributed by atoms with Crippen molar-refractivity contribution in [3.05, 3.63) is 78.3 Å². The number of furan rings is 1. The lowest BCUT2D eigenvalue weighted by Gasteiger charge is -2.07. The van der Waals surface area contributed by atoms with Crippen LogP contribution in [0, 0.1) is 6.92 Å². The summed E-state index contributed by atoms with van der Waals surface area (Å²) in [7, 11) is 0. The first kappa shape index (κ1) is 13.9. The van der Waals surface area contributed by atoms with Crippen LogP contribution in [-0.4, -0.2) is 5.91 Å². The van der Waals surface area contributed by atoms with E-state index in [0.717, 1.165) is 11.3 Å². The molecule has 2 aromatic carbocycles. The van der Waals surface area contributed by atoms with Gasteiger partial charge in [0.25, 0.3) is 5.91 Å². The summed E-state index contributed by atoms with van der Waals surface area (Å²) < 4.78 is 10.9. The maximum atomic E-state index is 12.0. The van der Waals surface area contributed by atoms with Gasteiger partial charge in [-0.25, -0.2) is 0 Å². The number of carbonyl (C=O) groups excluding carboxylic acids is 1. The first-order chi connectivity index (χ1) is 10.7. The molecule has 4 nitrogen and oxygen atoms in total. The quantitative estimate of drug-likeness (QED) is 0.762. The van der Waals surface area contributed by atoms with E-state index in [0.29, 0.717) is 17.2 Å². The number of aryl methyl sites for hydroxylation is 1. The molecule has 3 aromatic rings. The van der Waals surface area contributed by atoms with E-state index in [1.54, 1.807) is 30.3 Å². The Morgan fingerprint density at radius 3 is 2.27 bits per heavy atom. The molecule has 0 atom stereocenters. The molecule has 3 rings (SSSR count). The number of ether oxygens (including phenoxy) is 1. The Balaban J connectivity index is 1.67. The zero-order valence-corrected chi connectivity index (χ0v) is 12.1. The monoisotopic (exact) mass is 293 g/mol. The zero-order chi connectivity index (χ0) is 15.4. The van der Waals surface area contributed by atoms with Gasteiger partial charge in [0.2, 0.25) is 0 Å². The van der Waals surface area contributed by atoms with Gasteiger partial charge in [0.05, 0.1) is 6.26 Å². The van der Waals surface area contributed by atoms with E-state index >= 15 is 0 Å². The summed E-state index contributed by atoms with van der Waals surface area (Å²) in [5.74, 6) is 1.53. The highest BCUT2D eigenvalue weighted by Gasteiger charge is 2.12. The van der Waals surface area contributed by atoms with E-state index in [-0.39, 0.29) is 5.91 Å². The predicted molar refractivity (Wildman–Crippen MR) is 84.4 cm³/mol. The summed E-state index contributed by atoms with van der Waals surface area (Å²) in [5.41, 5.74) is 1.49. The predicted octanol–water partition coefficient (Wildman–Crippen LogP) is 4.63. The molecule has 0 saturated heterocycles. The number of amides is 1. The second kappa shape index (κ2) is 6.18. The van der Waals surface area contributed by atoms with Crippen molar-refractivity contribution < 1.29 is 13.9 Å². The number of carbonyl (C=O) groups is 1. The number of para-hydroxylation sites is 1. The maximum Gasteiger partial charge on any atom is 0.291 e. The third-order valence-corrected chi connectivity index (χ3v) is 3.16. The van der Waals surface area contributed by atoms with Gasteiger partial charge in [-0.15, -0.1) is 0 Å². The van der Waals surface area contributed by atoms with Crippen LogP contribution < -0.4 is 10.1 Å². The first-order valence-electron chi connectivity index (χ1n) is 6.91. The summed E-state index contributed by atoms with van der Waals surface area (Å²) in [6.45, 7) is 1.83. The average molecular weight is 293 g/mol. The molecular formula is C18H15NO3. The molecule has 0 radical (unpaired) electrons. The Labute approximate surface area is 128 Å². The molecule has 4 heteroatoms. The van der Waals surface area contributed by atoms with E-state index in [4.69, 9.17) is 9.15 Å². The standard InChI is InChI=1S/C18H15NO3/c1-13-11-12-21-17(13)18(20)19-14-7-9-16(10-8-14)22-15-5-3-2-4-6-15/h2-12H,1H3,(H,19,20). The third kappa shape index (κ3) is 3.17. The fourth-order valence-corrected chi connectivity index (χ4v) is 2.02. The van der Waals surface area contributed by atoms with Gasteiger partial charge < -0.3 is 14.5 Å². The van der Waals surface area contributed by atoms with Gasteiger partial charge in [-0.05, 0) is 49.4 Å². The molecule has 1 N–H and O–H groups in total. The zero-order valence-electron chi connectivity index (χ0n) is 12.1. The normalized spacial score (nSPS) is 10.2. The molecule has 0 spiro atoms. The third-order valence-electron chi connectivity index (χ3n) is 3.16. The Hall–Kier alpha value is -3.01. The molecule has 0 bridgehead atoms. The fraction of sp³-hybridized carbons (Fsp3) is 0.0556. The van der Waals surface area contributed by atoms with E-state index in [1.165, 1.54) is 6.26 Å². The fourth-order valence-electron chi connectivity index (χ4n) is 2.02. The number of nitrogens with one attached hydrogen (secondary N) is 1. The van der Waals surface area contributed by atoms with Crippen LogP contribution in [0.5, 0.6) is 11.5 Å². The maximum absolute atomic E-state index is 12.0. The number of rotatable bonds is 4. The summed E-state index contributed by atoms with van der Waals surface area (Å²) >= 11 is 0. The number of hydrogen-bond acceptors (Lipinski definition) is 3. The largest absolute Gasteiger partial charge is 0.459 e. The van der Waals surface area contributed by atoms with Crippen molar-refractivity contribution in [2.75, 3.05) is 5.32 Å². The second-order valence-corrected chi connectivity index (χ2v) is 4.83. The molecule has 1 amide bonds. The van der Waals surface area contributed by atoms with Crippen molar-refractivity contribution in [2.24, 2.45) is 0 Å². The lowest BCUT2D eigenvalue weighted by Crippen LogP contribution is -2.11. The van der Waals surface area contributed by atoms with Gasteiger partial charge in [-0.2, -0.15) is 0 Å². The van der Waals surface area contributed by atoms with E-state index in [2.05, 4.69) is 5.32 Å². The molecule has 0 aliphatic carbocycles. The van der Waals surface area contributed by atoms with Crippen molar-refractivity contribution >= 4 is 11.6 Å². The molecule has 110 valence electrons. The molecule has 0 saturated carbocycles. The van der Waals surface area contributed by atoms with Gasteiger partial charge in [0.15, 0.2) is 5.76 Å². The van der Waals surface area contributed by atoms with Crippen LogP contribution in [0.1, 0.15) is 16.1 Å². The SMILES string of the molecule is Cc1ccoc1C(=O)Nc1ccc(Oc2ccccc2)cc1. The lowest BCUT2D eigenvalue weighted by molar-refractivity contribution is 0.0996. The van der Waals surface area contributed by atoms with Gasteiger partial charge in [0.1, 0.15) is 11.5 Å². The van der Waals surface area contributed by atoms with Crippen LogP contribution in [0.15, 0.2) is 71.3 Å². The van der Waals surface area contributed by atoms with E-state index < -0.39 is 0 Å². The minimum absolute atomic E-state index is 0.265. The van der Waals surface area contributed by atoms with Crippen molar-refractivity contribution in [1.29, 1.82) is 0 Å². The van der Waals surface area contributed by atoms with Gasteiger partial charge in [-0.1, -0.05) is 18.2 Å². The first-order valence-corrected chi connectivity index (χ1v) is 6.91. The molecule has 22 heavy (non-hydrogen) atoms. The molecule has 1 aromatic heterocycles. The Kier molecular flexibility index (Phi) is 3.92. The molecular weight excluding hydrogens is 278 g/mol. The number of benzene rings is 2. The Bertz CT molecular complexity index is 761. The van der Waals surface area contributed by atoms with Crippen molar-refractivity contribution in [2.45, 2.75) is 6.92 Å².